The van der Waals surface area contributed by atoms with E-state index in [-0.39, 0.29) is 11.3 Å². The molecule has 0 aromatic heterocycles. The van der Waals surface area contributed by atoms with Gasteiger partial charge < -0.3 is 10.6 Å². The Kier molecular flexibility index (Phi) is 2.94. The van der Waals surface area contributed by atoms with Crippen molar-refractivity contribution in [3.8, 4) is 0 Å². The summed E-state index contributed by atoms with van der Waals surface area (Å²) in [5.74, 6) is 0.151. The first-order chi connectivity index (χ1) is 7.80. The highest BCUT2D eigenvalue weighted by atomic mass is 79.9. The number of anilines is 2. The summed E-state index contributed by atoms with van der Waals surface area (Å²) in [5, 5.41) is 0. The zero-order valence-electron chi connectivity index (χ0n) is 10.4. The minimum atomic E-state index is -0.358. The molecular formula is C13H17BrN2O. The van der Waals surface area contributed by atoms with Crippen molar-refractivity contribution in [2.24, 2.45) is 5.41 Å². The molecule has 17 heavy (non-hydrogen) atoms. The lowest BCUT2D eigenvalue weighted by molar-refractivity contribution is -0.125. The van der Waals surface area contributed by atoms with Gasteiger partial charge in [-0.15, -0.1) is 0 Å². The lowest BCUT2D eigenvalue weighted by atomic mass is 9.94. The van der Waals surface area contributed by atoms with Gasteiger partial charge in [-0.25, -0.2) is 0 Å². The van der Waals surface area contributed by atoms with Crippen molar-refractivity contribution in [3.63, 3.8) is 0 Å². The molecule has 0 unspecified atom stereocenters. The molecule has 2 rings (SSSR count). The predicted octanol–water partition coefficient (Wildman–Crippen LogP) is 2.97. The Labute approximate surface area is 110 Å². The average Bonchev–Trinajstić information content (AvgIpc) is 2.59. The van der Waals surface area contributed by atoms with Gasteiger partial charge in [-0.2, -0.15) is 0 Å². The predicted molar refractivity (Wildman–Crippen MR) is 74.1 cm³/mol. The van der Waals surface area contributed by atoms with Gasteiger partial charge in [0, 0.05) is 27.8 Å². The van der Waals surface area contributed by atoms with Crippen molar-refractivity contribution in [1.82, 2.24) is 0 Å². The van der Waals surface area contributed by atoms with Crippen LogP contribution in [0, 0.1) is 5.41 Å². The fourth-order valence-corrected chi connectivity index (χ4v) is 2.43. The van der Waals surface area contributed by atoms with E-state index in [1.807, 2.05) is 37.8 Å². The summed E-state index contributed by atoms with van der Waals surface area (Å²) in [5.41, 5.74) is 8.35. The number of carbonyl (C=O) groups is 1. The second kappa shape index (κ2) is 4.02. The SMILES string of the molecule is CC(C)(C)C(=O)N1CCc2cc(Br)c(N)cc21. The highest BCUT2D eigenvalue weighted by molar-refractivity contribution is 9.10. The molecule has 1 aliphatic heterocycles. The molecule has 0 spiro atoms. The van der Waals surface area contributed by atoms with Crippen LogP contribution in [0.15, 0.2) is 16.6 Å². The van der Waals surface area contributed by atoms with Gasteiger partial charge in [0.25, 0.3) is 0 Å². The molecule has 0 saturated heterocycles. The Hall–Kier alpha value is -1.03. The number of benzene rings is 1. The van der Waals surface area contributed by atoms with Crippen LogP contribution in [0.4, 0.5) is 11.4 Å². The first-order valence-electron chi connectivity index (χ1n) is 5.70. The third-order valence-electron chi connectivity index (χ3n) is 2.98. The lowest BCUT2D eigenvalue weighted by Crippen LogP contribution is -2.38. The molecule has 1 amide bonds. The maximum atomic E-state index is 12.3. The van der Waals surface area contributed by atoms with Gasteiger partial charge >= 0.3 is 0 Å². The van der Waals surface area contributed by atoms with E-state index in [4.69, 9.17) is 5.73 Å². The number of hydrogen-bond donors (Lipinski definition) is 1. The third kappa shape index (κ3) is 2.18. The van der Waals surface area contributed by atoms with Gasteiger partial charge in [-0.05, 0) is 40.0 Å². The Morgan fingerprint density at radius 3 is 2.65 bits per heavy atom. The normalized spacial score (nSPS) is 14.9. The molecule has 1 aromatic rings. The number of nitrogens with zero attached hydrogens (tertiary/aromatic N) is 1. The summed E-state index contributed by atoms with van der Waals surface area (Å²) in [6.07, 6.45) is 0.899. The van der Waals surface area contributed by atoms with Gasteiger partial charge in [-0.1, -0.05) is 20.8 Å². The van der Waals surface area contributed by atoms with E-state index in [2.05, 4.69) is 15.9 Å². The van der Waals surface area contributed by atoms with E-state index in [1.165, 1.54) is 5.56 Å². The number of hydrogen-bond acceptors (Lipinski definition) is 2. The highest BCUT2D eigenvalue weighted by Crippen LogP contribution is 2.36. The molecule has 1 aromatic carbocycles. The van der Waals surface area contributed by atoms with Crippen LogP contribution in [0.2, 0.25) is 0 Å². The summed E-state index contributed by atoms with van der Waals surface area (Å²) in [4.78, 5) is 14.1. The van der Waals surface area contributed by atoms with E-state index in [9.17, 15) is 4.79 Å². The van der Waals surface area contributed by atoms with Crippen LogP contribution < -0.4 is 10.6 Å². The van der Waals surface area contributed by atoms with Crippen molar-refractivity contribution in [3.05, 3.63) is 22.2 Å². The molecule has 0 radical (unpaired) electrons. The Bertz CT molecular complexity index is 477. The summed E-state index contributed by atoms with van der Waals surface area (Å²) < 4.78 is 0.904. The molecule has 0 atom stereocenters. The number of carbonyl (C=O) groups excluding carboxylic acids is 1. The van der Waals surface area contributed by atoms with Crippen LogP contribution in [0.25, 0.3) is 0 Å². The van der Waals surface area contributed by atoms with Crippen molar-refractivity contribution in [1.29, 1.82) is 0 Å². The van der Waals surface area contributed by atoms with Crippen LogP contribution in [0.3, 0.4) is 0 Å². The molecule has 0 bridgehead atoms. The summed E-state index contributed by atoms with van der Waals surface area (Å²) in [6, 6.07) is 3.90. The van der Waals surface area contributed by atoms with Gasteiger partial charge in [0.2, 0.25) is 5.91 Å². The molecule has 0 fully saturated rings. The number of halogens is 1. The van der Waals surface area contributed by atoms with Crippen LogP contribution in [-0.4, -0.2) is 12.5 Å². The maximum Gasteiger partial charge on any atom is 0.232 e. The van der Waals surface area contributed by atoms with Crippen molar-refractivity contribution < 1.29 is 4.79 Å². The topological polar surface area (TPSA) is 46.3 Å². The molecular weight excluding hydrogens is 280 g/mol. The largest absolute Gasteiger partial charge is 0.398 e. The summed E-state index contributed by atoms with van der Waals surface area (Å²) >= 11 is 3.42. The zero-order chi connectivity index (χ0) is 12.8. The Morgan fingerprint density at radius 1 is 1.41 bits per heavy atom. The molecule has 4 heteroatoms. The highest BCUT2D eigenvalue weighted by Gasteiger charge is 2.32. The van der Waals surface area contributed by atoms with Crippen LogP contribution in [0.1, 0.15) is 26.3 Å². The second-order valence-corrected chi connectivity index (χ2v) is 6.31. The van der Waals surface area contributed by atoms with Crippen LogP contribution >= 0.6 is 15.9 Å². The van der Waals surface area contributed by atoms with E-state index in [0.29, 0.717) is 5.69 Å². The minimum Gasteiger partial charge on any atom is -0.398 e. The second-order valence-electron chi connectivity index (χ2n) is 5.46. The summed E-state index contributed by atoms with van der Waals surface area (Å²) in [6.45, 7) is 6.57. The van der Waals surface area contributed by atoms with E-state index >= 15 is 0 Å². The molecule has 3 nitrogen and oxygen atoms in total. The maximum absolute atomic E-state index is 12.3. The minimum absolute atomic E-state index is 0.151. The molecule has 0 saturated carbocycles. The van der Waals surface area contributed by atoms with Crippen molar-refractivity contribution in [2.45, 2.75) is 27.2 Å². The van der Waals surface area contributed by atoms with Crippen molar-refractivity contribution in [2.75, 3.05) is 17.2 Å². The van der Waals surface area contributed by atoms with Crippen molar-refractivity contribution >= 4 is 33.2 Å². The standard InChI is InChI=1S/C13H17BrN2O/c1-13(2,3)12(17)16-5-4-8-6-9(14)10(15)7-11(8)16/h6-7H,4-5,15H2,1-3H3. The third-order valence-corrected chi connectivity index (χ3v) is 3.67. The quantitative estimate of drug-likeness (QED) is 0.748. The molecule has 0 aliphatic carbocycles. The lowest BCUT2D eigenvalue weighted by Gasteiger charge is -2.26. The first-order valence-corrected chi connectivity index (χ1v) is 6.50. The van der Waals surface area contributed by atoms with E-state index in [0.717, 1.165) is 23.1 Å². The number of nitrogens with two attached hydrogens (primary N) is 1. The van der Waals surface area contributed by atoms with Gasteiger partial charge in [0.15, 0.2) is 0 Å². The monoisotopic (exact) mass is 296 g/mol. The zero-order valence-corrected chi connectivity index (χ0v) is 12.0. The van der Waals surface area contributed by atoms with E-state index < -0.39 is 0 Å². The first kappa shape index (κ1) is 12.4. The smallest absolute Gasteiger partial charge is 0.232 e. The fourth-order valence-electron chi connectivity index (χ4n) is 2.04. The molecule has 1 heterocycles. The van der Waals surface area contributed by atoms with Gasteiger partial charge in [0.1, 0.15) is 0 Å². The number of fused-ring (bicyclic) bond motifs is 1. The molecule has 2 N–H and O–H groups in total. The average molecular weight is 297 g/mol. The van der Waals surface area contributed by atoms with E-state index in [1.54, 1.807) is 0 Å². The Morgan fingerprint density at radius 2 is 2.06 bits per heavy atom. The number of nitrogen functional groups attached to an aromatic ring is 1. The molecule has 1 aliphatic rings. The van der Waals surface area contributed by atoms with Gasteiger partial charge in [-0.3, -0.25) is 4.79 Å². The van der Waals surface area contributed by atoms with Gasteiger partial charge in [0.05, 0.1) is 0 Å². The fraction of sp³-hybridized carbons (Fsp3) is 0.462. The number of rotatable bonds is 0. The van der Waals surface area contributed by atoms with Crippen LogP contribution in [-0.2, 0) is 11.2 Å². The summed E-state index contributed by atoms with van der Waals surface area (Å²) in [7, 11) is 0. The molecule has 92 valence electrons. The van der Waals surface area contributed by atoms with Crippen LogP contribution in [0.5, 0.6) is 0 Å². The number of amides is 1. The Balaban J connectivity index is 2.41.